The average Bonchev–Trinajstić information content (AvgIpc) is 3.07. The maximum absolute atomic E-state index is 5.99. The number of nitrogens with zero attached hydrogens (tertiary/aromatic N) is 4. The number of imidazole rings is 1. The molecule has 1 aliphatic rings. The van der Waals surface area contributed by atoms with Crippen molar-refractivity contribution >= 4 is 28.7 Å². The molecule has 120 valence electrons. The molecule has 0 unspecified atom stereocenters. The fourth-order valence-electron chi connectivity index (χ4n) is 3.12. The summed E-state index contributed by atoms with van der Waals surface area (Å²) in [4.78, 5) is 11.1. The van der Waals surface area contributed by atoms with Crippen LogP contribution in [-0.4, -0.2) is 27.6 Å². The van der Waals surface area contributed by atoms with E-state index >= 15 is 0 Å². The lowest BCUT2D eigenvalue weighted by atomic mass is 10.0. The van der Waals surface area contributed by atoms with Crippen LogP contribution >= 0.6 is 11.6 Å². The molecule has 1 fully saturated rings. The maximum Gasteiger partial charge on any atom is 0.298 e. The van der Waals surface area contributed by atoms with Gasteiger partial charge in [0.1, 0.15) is 11.3 Å². The average molecular weight is 331 g/mol. The van der Waals surface area contributed by atoms with Crippen molar-refractivity contribution in [3.63, 3.8) is 0 Å². The highest BCUT2D eigenvalue weighted by atomic mass is 35.5. The third-order valence-corrected chi connectivity index (χ3v) is 4.52. The van der Waals surface area contributed by atoms with Gasteiger partial charge in [-0.25, -0.2) is 4.98 Å². The molecule has 1 aliphatic heterocycles. The number of hydrogen-bond acceptors (Lipinski definition) is 4. The van der Waals surface area contributed by atoms with Crippen LogP contribution in [0.15, 0.2) is 35.0 Å². The Morgan fingerprint density at radius 2 is 2.17 bits per heavy atom. The van der Waals surface area contributed by atoms with Gasteiger partial charge in [0, 0.05) is 48.9 Å². The molecule has 0 amide bonds. The van der Waals surface area contributed by atoms with Gasteiger partial charge < -0.3 is 13.9 Å². The largest absolute Gasteiger partial charge is 0.423 e. The van der Waals surface area contributed by atoms with Crippen LogP contribution in [0.25, 0.3) is 11.1 Å². The van der Waals surface area contributed by atoms with E-state index in [1.165, 1.54) is 0 Å². The van der Waals surface area contributed by atoms with Gasteiger partial charge in [-0.3, -0.25) is 0 Å². The van der Waals surface area contributed by atoms with Crippen LogP contribution in [0.1, 0.15) is 25.6 Å². The summed E-state index contributed by atoms with van der Waals surface area (Å²) < 4.78 is 8.07. The zero-order valence-electron chi connectivity index (χ0n) is 13.2. The van der Waals surface area contributed by atoms with E-state index in [2.05, 4.69) is 39.5 Å². The van der Waals surface area contributed by atoms with Crippen molar-refractivity contribution in [2.45, 2.75) is 26.3 Å². The summed E-state index contributed by atoms with van der Waals surface area (Å²) in [5.74, 6) is 2.20. The van der Waals surface area contributed by atoms with Gasteiger partial charge in [-0.15, -0.1) is 0 Å². The molecule has 2 aromatic heterocycles. The molecule has 0 saturated carbocycles. The van der Waals surface area contributed by atoms with Crippen molar-refractivity contribution < 1.29 is 4.42 Å². The molecule has 3 aromatic rings. The Hall–Kier alpha value is -2.01. The second-order valence-corrected chi connectivity index (χ2v) is 6.91. The van der Waals surface area contributed by atoms with Gasteiger partial charge in [-0.1, -0.05) is 25.4 Å². The maximum atomic E-state index is 5.99. The van der Waals surface area contributed by atoms with Crippen LogP contribution < -0.4 is 4.90 Å². The van der Waals surface area contributed by atoms with Crippen LogP contribution in [-0.2, 0) is 6.54 Å². The topological polar surface area (TPSA) is 47.1 Å². The standard InChI is InChI=1S/C17H19ClN4O/c1-11(2)16-19-5-6-21(16)8-12-9-22(10-12)17-20-14-7-13(18)3-4-15(14)23-17/h3-7,11-12H,8-10H2,1-2H3. The Morgan fingerprint density at radius 3 is 2.96 bits per heavy atom. The predicted molar refractivity (Wildman–Crippen MR) is 91.0 cm³/mol. The van der Waals surface area contributed by atoms with E-state index in [9.17, 15) is 0 Å². The molecule has 0 atom stereocenters. The summed E-state index contributed by atoms with van der Waals surface area (Å²) in [5.41, 5.74) is 1.59. The van der Waals surface area contributed by atoms with Crippen LogP contribution in [0.4, 0.5) is 6.01 Å². The van der Waals surface area contributed by atoms with E-state index in [0.717, 1.165) is 36.6 Å². The third-order valence-electron chi connectivity index (χ3n) is 4.28. The first kappa shape index (κ1) is 14.6. The van der Waals surface area contributed by atoms with Crippen molar-refractivity contribution in [3.8, 4) is 0 Å². The van der Waals surface area contributed by atoms with Crippen molar-refractivity contribution in [2.24, 2.45) is 5.92 Å². The summed E-state index contributed by atoms with van der Waals surface area (Å²) in [6, 6.07) is 6.21. The van der Waals surface area contributed by atoms with Crippen molar-refractivity contribution in [1.82, 2.24) is 14.5 Å². The van der Waals surface area contributed by atoms with Gasteiger partial charge in [-0.05, 0) is 18.2 Å². The number of hydrogen-bond donors (Lipinski definition) is 0. The lowest BCUT2D eigenvalue weighted by molar-refractivity contribution is 0.332. The predicted octanol–water partition coefficient (Wildman–Crippen LogP) is 3.94. The van der Waals surface area contributed by atoms with Gasteiger partial charge in [-0.2, -0.15) is 4.98 Å². The highest BCUT2D eigenvalue weighted by molar-refractivity contribution is 6.31. The van der Waals surface area contributed by atoms with Gasteiger partial charge >= 0.3 is 0 Å². The van der Waals surface area contributed by atoms with Crippen molar-refractivity contribution in [3.05, 3.63) is 41.4 Å². The summed E-state index contributed by atoms with van der Waals surface area (Å²) in [7, 11) is 0. The summed E-state index contributed by atoms with van der Waals surface area (Å²) in [6.07, 6.45) is 3.95. The molecular formula is C17H19ClN4O. The molecule has 0 radical (unpaired) electrons. The molecule has 1 saturated heterocycles. The monoisotopic (exact) mass is 330 g/mol. The number of halogens is 1. The Morgan fingerprint density at radius 1 is 1.35 bits per heavy atom. The third kappa shape index (κ3) is 2.70. The van der Waals surface area contributed by atoms with Crippen LogP contribution in [0.5, 0.6) is 0 Å². The Bertz CT molecular complexity index is 832. The van der Waals surface area contributed by atoms with Gasteiger partial charge in [0.2, 0.25) is 0 Å². The number of benzene rings is 1. The Balaban J connectivity index is 1.43. The van der Waals surface area contributed by atoms with E-state index < -0.39 is 0 Å². The van der Waals surface area contributed by atoms with E-state index in [0.29, 0.717) is 22.9 Å². The first-order chi connectivity index (χ1) is 11.1. The SMILES string of the molecule is CC(C)c1nccn1CC1CN(c2nc3cc(Cl)ccc3o2)C1. The molecule has 1 aromatic carbocycles. The minimum atomic E-state index is 0.447. The van der Waals surface area contributed by atoms with E-state index in [1.807, 2.05) is 24.4 Å². The molecule has 0 N–H and O–H groups in total. The highest BCUT2D eigenvalue weighted by Crippen LogP contribution is 2.30. The Kier molecular flexibility index (Phi) is 3.53. The van der Waals surface area contributed by atoms with Crippen LogP contribution in [0.3, 0.4) is 0 Å². The van der Waals surface area contributed by atoms with E-state index in [-0.39, 0.29) is 0 Å². The summed E-state index contributed by atoms with van der Waals surface area (Å²) in [6.45, 7) is 7.26. The minimum Gasteiger partial charge on any atom is -0.423 e. The van der Waals surface area contributed by atoms with Gasteiger partial charge in [0.25, 0.3) is 6.01 Å². The van der Waals surface area contributed by atoms with E-state index in [1.54, 1.807) is 0 Å². The second kappa shape index (κ2) is 5.57. The van der Waals surface area contributed by atoms with Gasteiger partial charge in [0.15, 0.2) is 5.58 Å². The molecule has 5 nitrogen and oxygen atoms in total. The fraction of sp³-hybridized carbons (Fsp3) is 0.412. The quantitative estimate of drug-likeness (QED) is 0.727. The van der Waals surface area contributed by atoms with Crippen LogP contribution in [0.2, 0.25) is 5.02 Å². The molecule has 0 bridgehead atoms. The normalized spacial score (nSPS) is 15.6. The lowest BCUT2D eigenvalue weighted by Gasteiger charge is -2.38. The molecule has 23 heavy (non-hydrogen) atoms. The number of oxazole rings is 1. The van der Waals surface area contributed by atoms with Crippen LogP contribution in [0, 0.1) is 5.92 Å². The Labute approximate surface area is 139 Å². The van der Waals surface area contributed by atoms with Gasteiger partial charge in [0.05, 0.1) is 0 Å². The minimum absolute atomic E-state index is 0.447. The molecule has 3 heterocycles. The molecule has 6 heteroatoms. The molecular weight excluding hydrogens is 312 g/mol. The smallest absolute Gasteiger partial charge is 0.298 e. The fourth-order valence-corrected chi connectivity index (χ4v) is 3.29. The van der Waals surface area contributed by atoms with Crippen molar-refractivity contribution in [1.29, 1.82) is 0 Å². The number of aromatic nitrogens is 3. The first-order valence-corrected chi connectivity index (χ1v) is 8.30. The zero-order valence-corrected chi connectivity index (χ0v) is 14.0. The zero-order chi connectivity index (χ0) is 16.0. The number of fused-ring (bicyclic) bond motifs is 1. The second-order valence-electron chi connectivity index (χ2n) is 6.47. The lowest BCUT2D eigenvalue weighted by Crippen LogP contribution is -2.48. The molecule has 4 rings (SSSR count). The molecule has 0 spiro atoms. The summed E-state index contributed by atoms with van der Waals surface area (Å²) in [5, 5.41) is 0.681. The highest BCUT2D eigenvalue weighted by Gasteiger charge is 2.31. The molecule has 0 aliphatic carbocycles. The number of anilines is 1. The van der Waals surface area contributed by atoms with E-state index in [4.69, 9.17) is 16.0 Å². The summed E-state index contributed by atoms with van der Waals surface area (Å²) >= 11 is 5.99. The first-order valence-electron chi connectivity index (χ1n) is 7.92. The number of rotatable bonds is 4. The van der Waals surface area contributed by atoms with Crippen molar-refractivity contribution in [2.75, 3.05) is 18.0 Å².